The zero-order valence-electron chi connectivity index (χ0n) is 16.6. The molecule has 2 saturated carbocycles. The summed E-state index contributed by atoms with van der Waals surface area (Å²) in [5.41, 5.74) is 1.31. The molecule has 1 heterocycles. The summed E-state index contributed by atoms with van der Waals surface area (Å²) in [5, 5.41) is 0. The highest BCUT2D eigenvalue weighted by Gasteiger charge is 2.49. The standard InChI is InChI=1S/C24H30O3/c1-16-11-12-20(24(2,3)17-8-5-4-6-9-17)22(14-16)27-23(25)19-15-18(19)21-10-7-13-26-21/h4-10,13,16,18-20,22H,11-12,14-15H2,1-3H3/t16-,18+,19+,20-,22-/m1/s1. The maximum Gasteiger partial charge on any atom is 0.309 e. The van der Waals surface area contributed by atoms with Gasteiger partial charge in [0.25, 0.3) is 0 Å². The van der Waals surface area contributed by atoms with Crippen molar-refractivity contribution >= 4 is 5.97 Å². The van der Waals surface area contributed by atoms with E-state index in [1.807, 2.05) is 12.1 Å². The fourth-order valence-corrected chi connectivity index (χ4v) is 4.88. The number of carbonyl (C=O) groups excluding carboxylic acids is 1. The smallest absolute Gasteiger partial charge is 0.309 e. The Bertz CT molecular complexity index is 762. The Balaban J connectivity index is 1.48. The molecule has 27 heavy (non-hydrogen) atoms. The van der Waals surface area contributed by atoms with Gasteiger partial charge in [0.05, 0.1) is 12.2 Å². The molecule has 0 radical (unpaired) electrons. The van der Waals surface area contributed by atoms with E-state index in [4.69, 9.17) is 9.15 Å². The van der Waals surface area contributed by atoms with E-state index >= 15 is 0 Å². The fraction of sp³-hybridized carbons (Fsp3) is 0.542. The van der Waals surface area contributed by atoms with Crippen LogP contribution in [0.5, 0.6) is 0 Å². The van der Waals surface area contributed by atoms with Gasteiger partial charge in [-0.25, -0.2) is 0 Å². The molecule has 144 valence electrons. The molecule has 1 aromatic carbocycles. The first-order valence-corrected chi connectivity index (χ1v) is 10.3. The number of benzene rings is 1. The van der Waals surface area contributed by atoms with Gasteiger partial charge < -0.3 is 9.15 Å². The minimum Gasteiger partial charge on any atom is -0.469 e. The third-order valence-corrected chi connectivity index (χ3v) is 6.77. The van der Waals surface area contributed by atoms with Crippen LogP contribution in [0.2, 0.25) is 0 Å². The Hall–Kier alpha value is -2.03. The zero-order valence-corrected chi connectivity index (χ0v) is 16.6. The summed E-state index contributed by atoms with van der Waals surface area (Å²) < 4.78 is 11.6. The van der Waals surface area contributed by atoms with Gasteiger partial charge in [-0.05, 0) is 48.3 Å². The number of hydrogen-bond acceptors (Lipinski definition) is 3. The molecule has 3 nitrogen and oxygen atoms in total. The van der Waals surface area contributed by atoms with E-state index in [1.54, 1.807) is 6.26 Å². The minimum atomic E-state index is -0.0376. The Morgan fingerprint density at radius 2 is 1.85 bits per heavy atom. The molecule has 1 aromatic heterocycles. The first-order valence-electron chi connectivity index (χ1n) is 10.3. The third kappa shape index (κ3) is 3.69. The van der Waals surface area contributed by atoms with Crippen LogP contribution >= 0.6 is 0 Å². The van der Waals surface area contributed by atoms with Crippen LogP contribution in [0.4, 0.5) is 0 Å². The zero-order chi connectivity index (χ0) is 19.0. The highest BCUT2D eigenvalue weighted by atomic mass is 16.5. The number of furan rings is 1. The monoisotopic (exact) mass is 366 g/mol. The molecule has 0 unspecified atom stereocenters. The number of ether oxygens (including phenoxy) is 1. The lowest BCUT2D eigenvalue weighted by Crippen LogP contribution is -2.43. The number of rotatable bonds is 5. The number of carbonyl (C=O) groups is 1. The topological polar surface area (TPSA) is 39.4 Å². The van der Waals surface area contributed by atoms with Gasteiger partial charge in [0.1, 0.15) is 11.9 Å². The first kappa shape index (κ1) is 18.3. The molecule has 0 N–H and O–H groups in total. The summed E-state index contributed by atoms with van der Waals surface area (Å²) >= 11 is 0. The van der Waals surface area contributed by atoms with Crippen molar-refractivity contribution < 1.29 is 13.9 Å². The lowest BCUT2D eigenvalue weighted by atomic mass is 9.64. The van der Waals surface area contributed by atoms with Crippen molar-refractivity contribution in [2.24, 2.45) is 17.8 Å². The normalized spacial score (nSPS) is 30.7. The largest absolute Gasteiger partial charge is 0.469 e. The maximum absolute atomic E-state index is 12.8. The van der Waals surface area contributed by atoms with Crippen molar-refractivity contribution in [3.05, 3.63) is 60.1 Å². The lowest BCUT2D eigenvalue weighted by molar-refractivity contribution is -0.158. The molecule has 0 spiro atoms. The predicted octanol–water partition coefficient (Wildman–Crippen LogP) is 5.71. The molecule has 0 saturated heterocycles. The second-order valence-corrected chi connectivity index (χ2v) is 9.05. The summed E-state index contributed by atoms with van der Waals surface area (Å²) in [7, 11) is 0. The molecule has 2 fully saturated rings. The molecular weight excluding hydrogens is 336 g/mol. The van der Waals surface area contributed by atoms with E-state index in [9.17, 15) is 4.79 Å². The van der Waals surface area contributed by atoms with Gasteiger partial charge in [-0.1, -0.05) is 57.5 Å². The van der Waals surface area contributed by atoms with Crippen LogP contribution in [0.3, 0.4) is 0 Å². The van der Waals surface area contributed by atoms with Gasteiger partial charge in [-0.2, -0.15) is 0 Å². The highest BCUT2D eigenvalue weighted by molar-refractivity contribution is 5.77. The maximum atomic E-state index is 12.8. The van der Waals surface area contributed by atoms with Crippen LogP contribution in [0, 0.1) is 17.8 Å². The number of hydrogen-bond donors (Lipinski definition) is 0. The third-order valence-electron chi connectivity index (χ3n) is 6.77. The van der Waals surface area contributed by atoms with Crippen LogP contribution in [0.25, 0.3) is 0 Å². The van der Waals surface area contributed by atoms with Crippen molar-refractivity contribution in [1.82, 2.24) is 0 Å². The minimum absolute atomic E-state index is 0.00527. The molecule has 0 amide bonds. The van der Waals surface area contributed by atoms with Crippen LogP contribution in [0.15, 0.2) is 53.1 Å². The number of esters is 1. The van der Waals surface area contributed by atoms with E-state index in [0.717, 1.165) is 25.0 Å². The average Bonchev–Trinajstić information content (AvgIpc) is 3.28. The summed E-state index contributed by atoms with van der Waals surface area (Å²) in [6, 6.07) is 14.5. The molecule has 2 aliphatic rings. The molecule has 0 bridgehead atoms. The summed E-state index contributed by atoms with van der Waals surface area (Å²) in [6.07, 6.45) is 5.79. The van der Waals surface area contributed by atoms with Crippen LogP contribution in [0.1, 0.15) is 63.7 Å². The Labute approximate surface area is 162 Å². The van der Waals surface area contributed by atoms with Gasteiger partial charge in [-0.3, -0.25) is 4.79 Å². The Morgan fingerprint density at radius 1 is 1.07 bits per heavy atom. The molecule has 5 atom stereocenters. The van der Waals surface area contributed by atoms with Gasteiger partial charge >= 0.3 is 5.97 Å². The van der Waals surface area contributed by atoms with Crippen LogP contribution < -0.4 is 0 Å². The Kier molecular flexibility index (Phi) is 4.88. The molecule has 4 rings (SSSR count). The predicted molar refractivity (Wildman–Crippen MR) is 105 cm³/mol. The van der Waals surface area contributed by atoms with Crippen LogP contribution in [-0.2, 0) is 14.9 Å². The van der Waals surface area contributed by atoms with E-state index in [0.29, 0.717) is 11.8 Å². The van der Waals surface area contributed by atoms with Crippen molar-refractivity contribution in [3.63, 3.8) is 0 Å². The SMILES string of the molecule is C[C@@H]1CC[C@@H](C(C)(C)c2ccccc2)[C@H](OC(=O)[C@H]2C[C@@H]2c2ccco2)C1. The van der Waals surface area contributed by atoms with Crippen molar-refractivity contribution in [2.75, 3.05) is 0 Å². The molecular formula is C24H30O3. The van der Waals surface area contributed by atoms with E-state index in [-0.39, 0.29) is 29.3 Å². The van der Waals surface area contributed by atoms with E-state index in [2.05, 4.69) is 51.1 Å². The molecule has 3 heteroatoms. The van der Waals surface area contributed by atoms with Crippen molar-refractivity contribution in [1.29, 1.82) is 0 Å². The second kappa shape index (κ2) is 7.18. The average molecular weight is 367 g/mol. The second-order valence-electron chi connectivity index (χ2n) is 9.05. The summed E-state index contributed by atoms with van der Waals surface area (Å²) in [4.78, 5) is 12.8. The van der Waals surface area contributed by atoms with Crippen LogP contribution in [-0.4, -0.2) is 12.1 Å². The molecule has 2 aliphatic carbocycles. The lowest BCUT2D eigenvalue weighted by Gasteiger charge is -2.44. The molecule has 0 aliphatic heterocycles. The van der Waals surface area contributed by atoms with Gasteiger partial charge in [0.15, 0.2) is 0 Å². The Morgan fingerprint density at radius 3 is 2.56 bits per heavy atom. The van der Waals surface area contributed by atoms with Crippen molar-refractivity contribution in [3.8, 4) is 0 Å². The quantitative estimate of drug-likeness (QED) is 0.636. The van der Waals surface area contributed by atoms with Gasteiger partial charge in [0, 0.05) is 11.8 Å². The summed E-state index contributed by atoms with van der Waals surface area (Å²) in [5.74, 6) is 1.99. The molecule has 2 aromatic rings. The van der Waals surface area contributed by atoms with Gasteiger partial charge in [-0.15, -0.1) is 0 Å². The first-order chi connectivity index (χ1) is 13.0. The van der Waals surface area contributed by atoms with E-state index < -0.39 is 0 Å². The van der Waals surface area contributed by atoms with Crippen molar-refractivity contribution in [2.45, 2.75) is 63.9 Å². The van der Waals surface area contributed by atoms with E-state index in [1.165, 1.54) is 12.0 Å². The summed E-state index contributed by atoms with van der Waals surface area (Å²) in [6.45, 7) is 6.87. The van der Waals surface area contributed by atoms with Gasteiger partial charge in [0.2, 0.25) is 0 Å². The highest BCUT2D eigenvalue weighted by Crippen LogP contribution is 2.50. The fourth-order valence-electron chi connectivity index (χ4n) is 4.88.